The molecule has 5 nitrogen and oxygen atoms in total. The zero-order valence-corrected chi connectivity index (χ0v) is 15.6. The standard InChI is InChI=1S/C17H14ClN3O2S2/c1-10-15(25-17(19-10)13-3-2-8-24-13)16(23)21-20-14(22)9-11-4-6-12(18)7-5-11/h2-8H,9H2,1H3,(H,20,22)(H,21,23). The maximum Gasteiger partial charge on any atom is 0.281 e. The van der Waals surface area contributed by atoms with Crippen LogP contribution in [0.1, 0.15) is 20.9 Å². The first-order valence-electron chi connectivity index (χ1n) is 7.38. The van der Waals surface area contributed by atoms with Crippen LogP contribution in [0.25, 0.3) is 9.88 Å². The zero-order valence-electron chi connectivity index (χ0n) is 13.2. The number of aryl methyl sites for hydroxylation is 1. The fourth-order valence-electron chi connectivity index (χ4n) is 2.13. The van der Waals surface area contributed by atoms with Crippen LogP contribution in [0, 0.1) is 6.92 Å². The summed E-state index contributed by atoms with van der Waals surface area (Å²) in [7, 11) is 0. The van der Waals surface area contributed by atoms with Crippen molar-refractivity contribution in [3.63, 3.8) is 0 Å². The second-order valence-corrected chi connectivity index (χ2v) is 7.60. The van der Waals surface area contributed by atoms with Crippen molar-refractivity contribution >= 4 is 46.1 Å². The molecule has 3 aromatic rings. The summed E-state index contributed by atoms with van der Waals surface area (Å²) in [6.45, 7) is 1.78. The number of benzene rings is 1. The lowest BCUT2D eigenvalue weighted by Gasteiger charge is -2.06. The second-order valence-electron chi connectivity index (χ2n) is 5.22. The number of thiophene rings is 1. The average molecular weight is 392 g/mol. The number of halogens is 1. The van der Waals surface area contributed by atoms with E-state index in [2.05, 4.69) is 15.8 Å². The van der Waals surface area contributed by atoms with Crippen LogP contribution < -0.4 is 10.9 Å². The van der Waals surface area contributed by atoms with E-state index >= 15 is 0 Å². The molecule has 0 bridgehead atoms. The van der Waals surface area contributed by atoms with Gasteiger partial charge in [-0.05, 0) is 36.1 Å². The lowest BCUT2D eigenvalue weighted by atomic mass is 10.1. The smallest absolute Gasteiger partial charge is 0.273 e. The Labute approximate surface area is 157 Å². The van der Waals surface area contributed by atoms with Crippen LogP contribution in [0.3, 0.4) is 0 Å². The molecule has 8 heteroatoms. The van der Waals surface area contributed by atoms with Gasteiger partial charge in [0.25, 0.3) is 5.91 Å². The Morgan fingerprint density at radius 2 is 1.92 bits per heavy atom. The summed E-state index contributed by atoms with van der Waals surface area (Å²) in [6.07, 6.45) is 0.152. The summed E-state index contributed by atoms with van der Waals surface area (Å²) >= 11 is 8.68. The minimum absolute atomic E-state index is 0.152. The topological polar surface area (TPSA) is 71.1 Å². The molecule has 0 radical (unpaired) electrons. The van der Waals surface area contributed by atoms with Crippen molar-refractivity contribution in [3.8, 4) is 9.88 Å². The Kier molecular flexibility index (Phi) is 5.47. The van der Waals surface area contributed by atoms with E-state index in [0.29, 0.717) is 15.6 Å². The maximum absolute atomic E-state index is 12.3. The normalized spacial score (nSPS) is 10.5. The van der Waals surface area contributed by atoms with Gasteiger partial charge in [0.15, 0.2) is 0 Å². The summed E-state index contributed by atoms with van der Waals surface area (Å²) in [5, 5.41) is 3.37. The van der Waals surface area contributed by atoms with Gasteiger partial charge in [-0.2, -0.15) is 0 Å². The molecule has 25 heavy (non-hydrogen) atoms. The first-order chi connectivity index (χ1) is 12.0. The molecule has 1 aromatic carbocycles. The predicted octanol–water partition coefficient (Wildman–Crippen LogP) is 3.84. The Morgan fingerprint density at radius 3 is 2.60 bits per heavy atom. The number of rotatable bonds is 4. The third-order valence-electron chi connectivity index (χ3n) is 3.33. The van der Waals surface area contributed by atoms with Crippen LogP contribution in [-0.2, 0) is 11.2 Å². The van der Waals surface area contributed by atoms with Crippen LogP contribution in [-0.4, -0.2) is 16.8 Å². The molecule has 0 aliphatic rings. The van der Waals surface area contributed by atoms with E-state index in [0.717, 1.165) is 15.4 Å². The zero-order chi connectivity index (χ0) is 17.8. The molecule has 0 fully saturated rings. The highest BCUT2D eigenvalue weighted by atomic mass is 35.5. The lowest BCUT2D eigenvalue weighted by Crippen LogP contribution is -2.42. The predicted molar refractivity (Wildman–Crippen MR) is 101 cm³/mol. The van der Waals surface area contributed by atoms with Crippen molar-refractivity contribution in [2.24, 2.45) is 0 Å². The maximum atomic E-state index is 12.3. The largest absolute Gasteiger partial charge is 0.281 e. The Balaban J connectivity index is 1.59. The summed E-state index contributed by atoms with van der Waals surface area (Å²) < 4.78 is 0. The molecular formula is C17H14ClN3O2S2. The van der Waals surface area contributed by atoms with Gasteiger partial charge >= 0.3 is 0 Å². The highest BCUT2D eigenvalue weighted by molar-refractivity contribution is 7.22. The van der Waals surface area contributed by atoms with Gasteiger partial charge in [0.05, 0.1) is 17.0 Å². The minimum Gasteiger partial charge on any atom is -0.273 e. The van der Waals surface area contributed by atoms with E-state index in [4.69, 9.17) is 11.6 Å². The van der Waals surface area contributed by atoms with Crippen molar-refractivity contribution < 1.29 is 9.59 Å². The van der Waals surface area contributed by atoms with Crippen molar-refractivity contribution in [2.75, 3.05) is 0 Å². The molecule has 0 unspecified atom stereocenters. The quantitative estimate of drug-likeness (QED) is 0.664. The third-order valence-corrected chi connectivity index (χ3v) is 5.78. The van der Waals surface area contributed by atoms with E-state index in [1.807, 2.05) is 17.5 Å². The van der Waals surface area contributed by atoms with Gasteiger partial charge in [-0.25, -0.2) is 4.98 Å². The molecule has 0 aliphatic carbocycles. The Hall–Kier alpha value is -2.22. The van der Waals surface area contributed by atoms with Crippen LogP contribution in [0.5, 0.6) is 0 Å². The van der Waals surface area contributed by atoms with Gasteiger partial charge in [-0.1, -0.05) is 29.8 Å². The highest BCUT2D eigenvalue weighted by Crippen LogP contribution is 2.30. The lowest BCUT2D eigenvalue weighted by molar-refractivity contribution is -0.121. The summed E-state index contributed by atoms with van der Waals surface area (Å²) in [6, 6.07) is 10.9. The van der Waals surface area contributed by atoms with E-state index in [1.54, 1.807) is 42.5 Å². The fourth-order valence-corrected chi connectivity index (χ4v) is 4.01. The van der Waals surface area contributed by atoms with Gasteiger partial charge in [0, 0.05) is 5.02 Å². The Morgan fingerprint density at radius 1 is 1.16 bits per heavy atom. The number of amides is 2. The highest BCUT2D eigenvalue weighted by Gasteiger charge is 2.17. The fraction of sp³-hybridized carbons (Fsp3) is 0.118. The van der Waals surface area contributed by atoms with Crippen LogP contribution in [0.4, 0.5) is 0 Å². The summed E-state index contributed by atoms with van der Waals surface area (Å²) in [4.78, 5) is 30.1. The number of carbonyl (C=O) groups is 2. The first-order valence-corrected chi connectivity index (χ1v) is 9.45. The number of carbonyl (C=O) groups excluding carboxylic acids is 2. The molecule has 0 spiro atoms. The molecule has 0 atom stereocenters. The summed E-state index contributed by atoms with van der Waals surface area (Å²) in [5.74, 6) is -0.682. The number of nitrogens with zero attached hydrogens (tertiary/aromatic N) is 1. The number of hydrazine groups is 1. The minimum atomic E-state index is -0.373. The van der Waals surface area contributed by atoms with Crippen LogP contribution >= 0.6 is 34.3 Å². The van der Waals surface area contributed by atoms with Gasteiger partial charge in [0.1, 0.15) is 9.88 Å². The number of hydrogen-bond donors (Lipinski definition) is 2. The number of nitrogens with one attached hydrogen (secondary N) is 2. The molecule has 0 saturated carbocycles. The van der Waals surface area contributed by atoms with E-state index in [9.17, 15) is 9.59 Å². The molecule has 2 aromatic heterocycles. The molecule has 2 heterocycles. The van der Waals surface area contributed by atoms with Crippen molar-refractivity contribution in [3.05, 3.63) is 62.9 Å². The van der Waals surface area contributed by atoms with Gasteiger partial charge in [-0.3, -0.25) is 20.4 Å². The van der Waals surface area contributed by atoms with Gasteiger partial charge in [0.2, 0.25) is 5.91 Å². The van der Waals surface area contributed by atoms with E-state index in [-0.39, 0.29) is 18.2 Å². The molecule has 2 N–H and O–H groups in total. The van der Waals surface area contributed by atoms with Crippen molar-refractivity contribution in [2.45, 2.75) is 13.3 Å². The van der Waals surface area contributed by atoms with E-state index in [1.165, 1.54) is 11.3 Å². The molecule has 128 valence electrons. The van der Waals surface area contributed by atoms with Crippen LogP contribution in [0.2, 0.25) is 5.02 Å². The monoisotopic (exact) mass is 391 g/mol. The molecule has 3 rings (SSSR count). The number of hydrogen-bond acceptors (Lipinski definition) is 5. The molecule has 0 aliphatic heterocycles. The number of aromatic nitrogens is 1. The Bertz CT molecular complexity index is 889. The molecule has 0 saturated heterocycles. The van der Waals surface area contributed by atoms with Crippen LogP contribution in [0.15, 0.2) is 41.8 Å². The van der Waals surface area contributed by atoms with Crippen molar-refractivity contribution in [1.29, 1.82) is 0 Å². The number of thiazole rings is 1. The molecular weight excluding hydrogens is 378 g/mol. The summed E-state index contributed by atoms with van der Waals surface area (Å²) in [5.41, 5.74) is 6.31. The second kappa shape index (κ2) is 7.77. The third kappa shape index (κ3) is 4.45. The van der Waals surface area contributed by atoms with Gasteiger partial charge < -0.3 is 0 Å². The average Bonchev–Trinajstić information content (AvgIpc) is 3.24. The molecule has 2 amide bonds. The SMILES string of the molecule is Cc1nc(-c2cccs2)sc1C(=O)NNC(=O)Cc1ccc(Cl)cc1. The van der Waals surface area contributed by atoms with E-state index < -0.39 is 0 Å². The van der Waals surface area contributed by atoms with Crippen molar-refractivity contribution in [1.82, 2.24) is 15.8 Å². The van der Waals surface area contributed by atoms with Gasteiger partial charge in [-0.15, -0.1) is 22.7 Å². The first kappa shape index (κ1) is 17.6.